The van der Waals surface area contributed by atoms with Gasteiger partial charge in [-0.15, -0.1) is 0 Å². The van der Waals surface area contributed by atoms with Crippen LogP contribution in [0.3, 0.4) is 0 Å². The van der Waals surface area contributed by atoms with Crippen molar-refractivity contribution >= 4 is 27.4 Å². The molecule has 1 aliphatic rings. The lowest BCUT2D eigenvalue weighted by molar-refractivity contribution is 0.249. The number of piperazine rings is 1. The van der Waals surface area contributed by atoms with Gasteiger partial charge in [0.05, 0.1) is 12.8 Å². The number of fused-ring (bicyclic) bond motifs is 3. The van der Waals surface area contributed by atoms with Gasteiger partial charge in [-0.1, -0.05) is 42.5 Å². The lowest BCUT2D eigenvalue weighted by Gasteiger charge is -2.36. The molecule has 0 aliphatic carbocycles. The molecule has 0 N–H and O–H groups in total. The second-order valence-electron chi connectivity index (χ2n) is 7.69. The van der Waals surface area contributed by atoms with E-state index in [1.54, 1.807) is 13.2 Å². The SMILES string of the molecule is COc1ccccc1N1CCN(Cc2cc(=O)oc3ccc4ccccc4c23)CC1. The smallest absolute Gasteiger partial charge is 0.336 e. The quantitative estimate of drug-likeness (QED) is 0.378. The van der Waals surface area contributed by atoms with Crippen LogP contribution in [-0.2, 0) is 6.54 Å². The van der Waals surface area contributed by atoms with Gasteiger partial charge in [0, 0.05) is 44.2 Å². The van der Waals surface area contributed by atoms with E-state index in [0.717, 1.165) is 65.9 Å². The van der Waals surface area contributed by atoms with Gasteiger partial charge in [0.15, 0.2) is 0 Å². The van der Waals surface area contributed by atoms with Crippen molar-refractivity contribution in [2.24, 2.45) is 0 Å². The Kier molecular flexibility index (Phi) is 4.89. The second-order valence-corrected chi connectivity index (χ2v) is 7.69. The van der Waals surface area contributed by atoms with E-state index in [1.165, 1.54) is 0 Å². The first kappa shape index (κ1) is 18.7. The van der Waals surface area contributed by atoms with E-state index in [-0.39, 0.29) is 5.63 Å². The van der Waals surface area contributed by atoms with Crippen molar-refractivity contribution in [2.75, 3.05) is 38.2 Å². The van der Waals surface area contributed by atoms with Gasteiger partial charge in [0.25, 0.3) is 0 Å². The third-order valence-corrected chi connectivity index (χ3v) is 5.91. The maximum absolute atomic E-state index is 12.2. The van der Waals surface area contributed by atoms with E-state index in [0.29, 0.717) is 5.58 Å². The van der Waals surface area contributed by atoms with Gasteiger partial charge < -0.3 is 14.1 Å². The molecule has 152 valence electrons. The molecule has 3 aromatic carbocycles. The molecule has 1 fully saturated rings. The molecule has 5 nitrogen and oxygen atoms in total. The van der Waals surface area contributed by atoms with Crippen LogP contribution in [0.5, 0.6) is 5.75 Å². The van der Waals surface area contributed by atoms with E-state index in [1.807, 2.05) is 42.5 Å². The number of benzene rings is 3. The first-order valence-electron chi connectivity index (χ1n) is 10.3. The molecule has 0 amide bonds. The number of rotatable bonds is 4. The van der Waals surface area contributed by atoms with Crippen LogP contribution in [0.4, 0.5) is 5.69 Å². The molecule has 4 aromatic rings. The normalized spacial score (nSPS) is 15.0. The summed E-state index contributed by atoms with van der Waals surface area (Å²) in [5.41, 5.74) is 2.53. The summed E-state index contributed by atoms with van der Waals surface area (Å²) in [6.45, 7) is 4.41. The number of nitrogens with zero attached hydrogens (tertiary/aromatic N) is 2. The lowest BCUT2D eigenvalue weighted by Crippen LogP contribution is -2.46. The van der Waals surface area contributed by atoms with E-state index in [2.05, 4.69) is 28.0 Å². The highest BCUT2D eigenvalue weighted by Gasteiger charge is 2.21. The van der Waals surface area contributed by atoms with Crippen molar-refractivity contribution in [1.29, 1.82) is 0 Å². The molecule has 1 aromatic heterocycles. The zero-order valence-corrected chi connectivity index (χ0v) is 17.0. The lowest BCUT2D eigenvalue weighted by atomic mass is 10.0. The average molecular weight is 400 g/mol. The topological polar surface area (TPSA) is 45.9 Å². The van der Waals surface area contributed by atoms with E-state index in [4.69, 9.17) is 9.15 Å². The number of anilines is 1. The summed E-state index contributed by atoms with van der Waals surface area (Å²) in [4.78, 5) is 17.0. The molecule has 0 radical (unpaired) electrons. The fourth-order valence-electron chi connectivity index (χ4n) is 4.42. The summed E-state index contributed by atoms with van der Waals surface area (Å²) >= 11 is 0. The number of methoxy groups -OCH3 is 1. The van der Waals surface area contributed by atoms with Crippen LogP contribution in [0.1, 0.15) is 5.56 Å². The Hall–Kier alpha value is -3.31. The van der Waals surface area contributed by atoms with Crippen molar-refractivity contribution in [3.05, 3.63) is 82.7 Å². The Balaban J connectivity index is 1.42. The van der Waals surface area contributed by atoms with Crippen LogP contribution >= 0.6 is 0 Å². The predicted octanol–water partition coefficient (Wildman–Crippen LogP) is 4.28. The van der Waals surface area contributed by atoms with Crippen molar-refractivity contribution in [1.82, 2.24) is 4.90 Å². The second kappa shape index (κ2) is 7.84. The molecule has 5 rings (SSSR count). The first-order chi connectivity index (χ1) is 14.7. The predicted molar refractivity (Wildman–Crippen MR) is 120 cm³/mol. The van der Waals surface area contributed by atoms with Gasteiger partial charge in [0.1, 0.15) is 11.3 Å². The molecule has 1 saturated heterocycles. The Morgan fingerprint density at radius 2 is 1.70 bits per heavy atom. The monoisotopic (exact) mass is 400 g/mol. The zero-order valence-electron chi connectivity index (χ0n) is 17.0. The highest BCUT2D eigenvalue weighted by molar-refractivity contribution is 6.07. The Labute approximate surface area is 175 Å². The number of hydrogen-bond donors (Lipinski definition) is 0. The largest absolute Gasteiger partial charge is 0.495 e. The average Bonchev–Trinajstić information content (AvgIpc) is 2.79. The van der Waals surface area contributed by atoms with Crippen LogP contribution in [0, 0.1) is 0 Å². The Bertz CT molecular complexity index is 1260. The van der Waals surface area contributed by atoms with Crippen molar-refractivity contribution < 1.29 is 9.15 Å². The minimum atomic E-state index is -0.291. The first-order valence-corrected chi connectivity index (χ1v) is 10.3. The van der Waals surface area contributed by atoms with Gasteiger partial charge in [-0.3, -0.25) is 4.90 Å². The molecule has 5 heteroatoms. The van der Waals surface area contributed by atoms with Gasteiger partial charge >= 0.3 is 5.63 Å². The molecule has 1 aliphatic heterocycles. The Morgan fingerprint density at radius 3 is 2.53 bits per heavy atom. The van der Waals surface area contributed by atoms with Crippen molar-refractivity contribution in [3.8, 4) is 5.75 Å². The molecule has 0 spiro atoms. The number of para-hydroxylation sites is 2. The van der Waals surface area contributed by atoms with Crippen LogP contribution in [0.2, 0.25) is 0 Å². The van der Waals surface area contributed by atoms with Gasteiger partial charge in [-0.05, 0) is 34.5 Å². The molecular formula is C25H24N2O3. The van der Waals surface area contributed by atoms with E-state index < -0.39 is 0 Å². The molecule has 30 heavy (non-hydrogen) atoms. The van der Waals surface area contributed by atoms with Crippen LogP contribution in [-0.4, -0.2) is 38.2 Å². The standard InChI is InChI=1S/C25H24N2O3/c1-29-22-9-5-4-8-21(22)27-14-12-26(13-15-27)17-19-16-24(28)30-23-11-10-18-6-2-3-7-20(18)25(19)23/h2-11,16H,12-15,17H2,1H3. The Morgan fingerprint density at radius 1 is 0.933 bits per heavy atom. The molecular weight excluding hydrogens is 376 g/mol. The molecule has 0 bridgehead atoms. The van der Waals surface area contributed by atoms with E-state index in [9.17, 15) is 4.79 Å². The molecule has 0 atom stereocenters. The minimum Gasteiger partial charge on any atom is -0.495 e. The molecule has 0 saturated carbocycles. The third-order valence-electron chi connectivity index (χ3n) is 5.91. The van der Waals surface area contributed by atoms with Crippen LogP contribution in [0.25, 0.3) is 21.7 Å². The highest BCUT2D eigenvalue weighted by atomic mass is 16.5. The highest BCUT2D eigenvalue weighted by Crippen LogP contribution is 2.30. The van der Waals surface area contributed by atoms with Crippen molar-refractivity contribution in [2.45, 2.75) is 6.54 Å². The summed E-state index contributed by atoms with van der Waals surface area (Å²) < 4.78 is 11.0. The minimum absolute atomic E-state index is 0.291. The maximum atomic E-state index is 12.2. The van der Waals surface area contributed by atoms with Gasteiger partial charge in [-0.2, -0.15) is 0 Å². The molecule has 2 heterocycles. The fourth-order valence-corrected chi connectivity index (χ4v) is 4.42. The molecule has 0 unspecified atom stereocenters. The zero-order chi connectivity index (χ0) is 20.5. The van der Waals surface area contributed by atoms with Crippen LogP contribution in [0.15, 0.2) is 75.9 Å². The summed E-state index contributed by atoms with van der Waals surface area (Å²) in [6, 6.07) is 22.0. The maximum Gasteiger partial charge on any atom is 0.336 e. The van der Waals surface area contributed by atoms with E-state index >= 15 is 0 Å². The summed E-state index contributed by atoms with van der Waals surface area (Å²) in [6.07, 6.45) is 0. The number of ether oxygens (including phenoxy) is 1. The summed E-state index contributed by atoms with van der Waals surface area (Å²) in [5.74, 6) is 0.907. The van der Waals surface area contributed by atoms with Gasteiger partial charge in [-0.25, -0.2) is 4.79 Å². The van der Waals surface area contributed by atoms with Crippen LogP contribution < -0.4 is 15.3 Å². The summed E-state index contributed by atoms with van der Waals surface area (Å²) in [7, 11) is 1.71. The fraction of sp³-hybridized carbons (Fsp3) is 0.240. The van der Waals surface area contributed by atoms with Crippen molar-refractivity contribution in [3.63, 3.8) is 0 Å². The van der Waals surface area contributed by atoms with Gasteiger partial charge in [0.2, 0.25) is 0 Å². The summed E-state index contributed by atoms with van der Waals surface area (Å²) in [5, 5.41) is 3.32. The third kappa shape index (κ3) is 3.42. The number of hydrogen-bond acceptors (Lipinski definition) is 5.